The Morgan fingerprint density at radius 2 is 1.76 bits per heavy atom. The van der Waals surface area contributed by atoms with Gasteiger partial charge in [0.15, 0.2) is 10.9 Å². The van der Waals surface area contributed by atoms with Crippen molar-refractivity contribution in [3.63, 3.8) is 0 Å². The van der Waals surface area contributed by atoms with Crippen molar-refractivity contribution in [2.75, 3.05) is 0 Å². The molecule has 1 amide bonds. The number of carbonyl (C=O) groups is 2. The van der Waals surface area contributed by atoms with Crippen LogP contribution in [0, 0.1) is 10.6 Å². The van der Waals surface area contributed by atoms with Gasteiger partial charge in [-0.15, -0.1) is 0 Å². The molecule has 13 heteroatoms. The zero-order valence-electron chi connectivity index (χ0n) is 15.7. The van der Waals surface area contributed by atoms with E-state index in [0.717, 1.165) is 28.2 Å². The summed E-state index contributed by atoms with van der Waals surface area (Å²) in [6, 6.07) is 1.82. The summed E-state index contributed by atoms with van der Waals surface area (Å²) in [5, 5.41) is -0.223. The van der Waals surface area contributed by atoms with E-state index < -0.39 is 40.9 Å². The van der Waals surface area contributed by atoms with E-state index in [1.165, 1.54) is 21.0 Å². The second kappa shape index (κ2) is 8.57. The number of hydroxylamine groups is 1. The second-order valence-electron chi connectivity index (χ2n) is 5.87. The van der Waals surface area contributed by atoms with Crippen LogP contribution in [-0.2, 0) is 28.5 Å². The summed E-state index contributed by atoms with van der Waals surface area (Å²) in [7, 11) is 2.65. The van der Waals surface area contributed by atoms with E-state index in [9.17, 15) is 23.6 Å². The first kappa shape index (κ1) is 22.3. The molecular formula is C16H16ClFN4O6S. The Hall–Kier alpha value is -2.99. The molecule has 2 aromatic rings. The number of halogens is 2. The molecule has 29 heavy (non-hydrogen) atoms. The number of nitrogens with one attached hydrogen (secondary N) is 1. The van der Waals surface area contributed by atoms with Crippen LogP contribution in [0.5, 0.6) is 5.75 Å². The summed E-state index contributed by atoms with van der Waals surface area (Å²) < 4.78 is 22.3. The summed E-state index contributed by atoms with van der Waals surface area (Å²) in [6.07, 6.45) is -1.26. The highest BCUT2D eigenvalue weighted by Crippen LogP contribution is 2.29. The smallest absolute Gasteiger partial charge is 0.372 e. The summed E-state index contributed by atoms with van der Waals surface area (Å²) in [4.78, 5) is 52.1. The molecule has 1 heterocycles. The van der Waals surface area contributed by atoms with Gasteiger partial charge < -0.3 is 9.57 Å². The summed E-state index contributed by atoms with van der Waals surface area (Å²) in [5.41, 5.74) is -0.385. The van der Waals surface area contributed by atoms with E-state index in [1.54, 1.807) is 0 Å². The normalized spacial score (nSPS) is 11.7. The molecule has 0 aliphatic heterocycles. The third kappa shape index (κ3) is 4.54. The largest absolute Gasteiger partial charge is 0.477 e. The maximum Gasteiger partial charge on any atom is 0.372 e. The molecule has 1 N–H and O–H groups in total. The average molecular weight is 447 g/mol. The highest BCUT2D eigenvalue weighted by atomic mass is 35.5. The molecule has 0 fully saturated rings. The van der Waals surface area contributed by atoms with E-state index in [1.807, 2.05) is 5.48 Å². The van der Waals surface area contributed by atoms with Gasteiger partial charge in [0.25, 0.3) is 0 Å². The van der Waals surface area contributed by atoms with Crippen molar-refractivity contribution in [1.82, 2.24) is 19.2 Å². The van der Waals surface area contributed by atoms with Gasteiger partial charge in [-0.2, -0.15) is 5.48 Å². The minimum Gasteiger partial charge on any atom is -0.477 e. The quantitative estimate of drug-likeness (QED) is 0.544. The monoisotopic (exact) mass is 446 g/mol. The molecule has 0 bridgehead atoms. The summed E-state index contributed by atoms with van der Waals surface area (Å²) in [5.74, 6) is -2.75. The van der Waals surface area contributed by atoms with Crippen molar-refractivity contribution in [1.29, 1.82) is 0 Å². The molecule has 1 atom stereocenters. The topological polar surface area (TPSA) is 114 Å². The standard InChI is InChI=1S/C16H16ClFN4O6S/c1-7(13(24)28-19-8(2)23)27-12-6-11(10(18)5-9(12)17)22-14(25)20(3)16(29)21(4)15(22)26/h5-7H,1-4H3,(H,19,23). The number of amides is 1. The summed E-state index contributed by atoms with van der Waals surface area (Å²) >= 11 is 10.9. The van der Waals surface area contributed by atoms with Crippen molar-refractivity contribution >= 4 is 35.7 Å². The lowest BCUT2D eigenvalue weighted by Crippen LogP contribution is -2.43. The molecule has 0 spiro atoms. The number of hydrogen-bond donors (Lipinski definition) is 1. The Labute approximate surface area is 173 Å². The molecule has 0 aliphatic carbocycles. The van der Waals surface area contributed by atoms with E-state index >= 15 is 0 Å². The molecule has 10 nitrogen and oxygen atoms in total. The third-order valence-electron chi connectivity index (χ3n) is 3.70. The number of benzene rings is 1. The predicted octanol–water partition coefficient (Wildman–Crippen LogP) is 0.758. The number of aromatic nitrogens is 3. The van der Waals surface area contributed by atoms with Crippen LogP contribution in [0.4, 0.5) is 4.39 Å². The van der Waals surface area contributed by atoms with Crippen LogP contribution in [-0.4, -0.2) is 31.7 Å². The lowest BCUT2D eigenvalue weighted by atomic mass is 10.2. The lowest BCUT2D eigenvalue weighted by Gasteiger charge is -2.16. The Kier molecular flexibility index (Phi) is 6.59. The van der Waals surface area contributed by atoms with E-state index in [-0.39, 0.29) is 15.5 Å². The van der Waals surface area contributed by atoms with E-state index in [0.29, 0.717) is 4.57 Å². The van der Waals surface area contributed by atoms with Crippen LogP contribution >= 0.6 is 23.8 Å². The minimum atomic E-state index is -1.26. The van der Waals surface area contributed by atoms with Gasteiger partial charge in [-0.1, -0.05) is 11.6 Å². The molecule has 0 aliphatic rings. The minimum absolute atomic E-state index is 0.0589. The second-order valence-corrected chi connectivity index (χ2v) is 6.65. The number of hydrogen-bond acceptors (Lipinski definition) is 7. The average Bonchev–Trinajstić information content (AvgIpc) is 2.66. The third-order valence-corrected chi connectivity index (χ3v) is 4.55. The number of ether oxygens (including phenoxy) is 1. The first-order chi connectivity index (χ1) is 13.5. The van der Waals surface area contributed by atoms with Gasteiger partial charge in [-0.05, 0) is 25.2 Å². The zero-order chi connectivity index (χ0) is 22.0. The van der Waals surface area contributed by atoms with Crippen LogP contribution < -0.4 is 21.6 Å². The Balaban J connectivity index is 2.53. The Morgan fingerprint density at radius 1 is 1.21 bits per heavy atom. The molecule has 1 unspecified atom stereocenters. The highest BCUT2D eigenvalue weighted by molar-refractivity contribution is 7.71. The molecule has 0 radical (unpaired) electrons. The fourth-order valence-corrected chi connectivity index (χ4v) is 2.55. The highest BCUT2D eigenvalue weighted by Gasteiger charge is 2.22. The maximum atomic E-state index is 14.5. The fourth-order valence-electron chi connectivity index (χ4n) is 2.20. The van der Waals surface area contributed by atoms with Gasteiger partial charge in [0, 0.05) is 27.1 Å². The number of nitrogens with zero attached hydrogens (tertiary/aromatic N) is 3. The SMILES string of the molecule is CC(=O)NOC(=O)C(C)Oc1cc(-n2c(=O)n(C)c(=S)n(C)c2=O)c(F)cc1Cl. The van der Waals surface area contributed by atoms with Gasteiger partial charge in [-0.25, -0.2) is 23.3 Å². The molecule has 1 aromatic carbocycles. The van der Waals surface area contributed by atoms with Crippen LogP contribution in [0.2, 0.25) is 5.02 Å². The van der Waals surface area contributed by atoms with Crippen molar-refractivity contribution in [3.8, 4) is 11.4 Å². The molecule has 156 valence electrons. The predicted molar refractivity (Wildman–Crippen MR) is 102 cm³/mol. The first-order valence-electron chi connectivity index (χ1n) is 7.98. The summed E-state index contributed by atoms with van der Waals surface area (Å²) in [6.45, 7) is 2.43. The van der Waals surface area contributed by atoms with Crippen molar-refractivity contribution in [3.05, 3.63) is 48.7 Å². The number of carbonyl (C=O) groups excluding carboxylic acids is 2. The Bertz CT molecular complexity index is 1130. The fraction of sp³-hybridized carbons (Fsp3) is 0.312. The van der Waals surface area contributed by atoms with Gasteiger partial charge in [-0.3, -0.25) is 13.9 Å². The van der Waals surface area contributed by atoms with E-state index in [4.69, 9.17) is 28.6 Å². The lowest BCUT2D eigenvalue weighted by molar-refractivity contribution is -0.163. The van der Waals surface area contributed by atoms with Crippen LogP contribution in [0.1, 0.15) is 13.8 Å². The van der Waals surface area contributed by atoms with E-state index in [2.05, 4.69) is 4.84 Å². The molecule has 0 saturated heterocycles. The zero-order valence-corrected chi connectivity index (χ0v) is 17.3. The Morgan fingerprint density at radius 3 is 2.28 bits per heavy atom. The van der Waals surface area contributed by atoms with Gasteiger partial charge in [0.05, 0.1) is 10.7 Å². The molecule has 2 rings (SSSR count). The van der Waals surface area contributed by atoms with Crippen molar-refractivity contribution in [2.24, 2.45) is 14.1 Å². The van der Waals surface area contributed by atoms with Crippen LogP contribution in [0.25, 0.3) is 5.69 Å². The molecule has 1 aromatic heterocycles. The van der Waals surface area contributed by atoms with Gasteiger partial charge >= 0.3 is 17.3 Å². The maximum absolute atomic E-state index is 14.5. The van der Waals surface area contributed by atoms with Crippen molar-refractivity contribution < 1.29 is 23.6 Å². The first-order valence-corrected chi connectivity index (χ1v) is 8.76. The van der Waals surface area contributed by atoms with Crippen molar-refractivity contribution in [2.45, 2.75) is 20.0 Å². The molecule has 0 saturated carbocycles. The van der Waals surface area contributed by atoms with Crippen LogP contribution in [0.3, 0.4) is 0 Å². The van der Waals surface area contributed by atoms with Gasteiger partial charge in [0.1, 0.15) is 11.6 Å². The molecular weight excluding hydrogens is 431 g/mol. The van der Waals surface area contributed by atoms with Crippen LogP contribution in [0.15, 0.2) is 21.7 Å². The number of rotatable bonds is 4. The van der Waals surface area contributed by atoms with Gasteiger partial charge in [0.2, 0.25) is 5.91 Å².